The van der Waals surface area contributed by atoms with Crippen molar-refractivity contribution in [3.8, 4) is 0 Å². The minimum absolute atomic E-state index is 0.303. The lowest BCUT2D eigenvalue weighted by atomic mass is 9.68. The minimum atomic E-state index is -0.438. The molecular formula is C16H21NO. The van der Waals surface area contributed by atoms with Gasteiger partial charge in [-0.15, -0.1) is 0 Å². The van der Waals surface area contributed by atoms with Gasteiger partial charge in [0.15, 0.2) is 0 Å². The Labute approximate surface area is 108 Å². The predicted octanol–water partition coefficient (Wildman–Crippen LogP) is 3.05. The summed E-state index contributed by atoms with van der Waals surface area (Å²) in [5.41, 5.74) is 2.15. The molecule has 0 amide bonds. The van der Waals surface area contributed by atoms with Crippen LogP contribution in [-0.2, 0) is 6.42 Å². The van der Waals surface area contributed by atoms with Crippen LogP contribution in [0.1, 0.15) is 55.7 Å². The molecule has 1 N–H and O–H groups in total. The molecule has 4 rings (SSSR count). The molecule has 0 saturated heterocycles. The first-order valence-electron chi connectivity index (χ1n) is 7.43. The Bertz CT molecular complexity index is 472. The molecule has 3 aliphatic carbocycles. The van der Waals surface area contributed by atoms with Crippen molar-refractivity contribution in [3.05, 3.63) is 29.6 Å². The van der Waals surface area contributed by atoms with Gasteiger partial charge in [-0.25, -0.2) is 0 Å². The maximum atomic E-state index is 11.2. The average molecular weight is 243 g/mol. The molecule has 0 spiro atoms. The lowest BCUT2D eigenvalue weighted by molar-refractivity contribution is -0.0435. The molecule has 1 heterocycles. The van der Waals surface area contributed by atoms with E-state index in [0.717, 1.165) is 25.2 Å². The van der Waals surface area contributed by atoms with Gasteiger partial charge >= 0.3 is 0 Å². The van der Waals surface area contributed by atoms with Crippen molar-refractivity contribution in [1.29, 1.82) is 0 Å². The number of hydrogen-bond donors (Lipinski definition) is 1. The van der Waals surface area contributed by atoms with Crippen LogP contribution in [0.3, 0.4) is 0 Å². The van der Waals surface area contributed by atoms with E-state index in [-0.39, 0.29) is 0 Å². The van der Waals surface area contributed by atoms with Crippen LogP contribution in [0.2, 0.25) is 0 Å². The van der Waals surface area contributed by atoms with Crippen LogP contribution in [0, 0.1) is 11.8 Å². The summed E-state index contributed by atoms with van der Waals surface area (Å²) < 4.78 is 0. The van der Waals surface area contributed by atoms with E-state index in [1.807, 2.05) is 12.3 Å². The number of fused-ring (bicyclic) bond motifs is 3. The molecule has 0 aromatic carbocycles. The second kappa shape index (κ2) is 3.80. The summed E-state index contributed by atoms with van der Waals surface area (Å²) in [6.07, 6.45) is 10.2. The van der Waals surface area contributed by atoms with Gasteiger partial charge < -0.3 is 5.11 Å². The van der Waals surface area contributed by atoms with E-state index < -0.39 is 5.60 Å². The zero-order valence-electron chi connectivity index (χ0n) is 10.8. The topological polar surface area (TPSA) is 33.1 Å². The Morgan fingerprint density at radius 1 is 1.28 bits per heavy atom. The molecule has 3 aliphatic rings. The van der Waals surface area contributed by atoms with E-state index >= 15 is 0 Å². The Kier molecular flexibility index (Phi) is 2.32. The van der Waals surface area contributed by atoms with E-state index in [9.17, 15) is 5.11 Å². The fourth-order valence-corrected chi connectivity index (χ4v) is 4.87. The van der Waals surface area contributed by atoms with Crippen molar-refractivity contribution in [2.45, 2.75) is 56.5 Å². The summed E-state index contributed by atoms with van der Waals surface area (Å²) in [6.45, 7) is 0. The molecule has 1 aromatic rings. The third-order valence-electron chi connectivity index (χ3n) is 5.66. The van der Waals surface area contributed by atoms with Crippen molar-refractivity contribution in [2.75, 3.05) is 0 Å². The fourth-order valence-electron chi connectivity index (χ4n) is 4.87. The average Bonchev–Trinajstić information content (AvgIpc) is 2.98. The van der Waals surface area contributed by atoms with Gasteiger partial charge in [-0.3, -0.25) is 4.98 Å². The Hall–Kier alpha value is -0.890. The minimum Gasteiger partial charge on any atom is -0.389 e. The van der Waals surface area contributed by atoms with Crippen LogP contribution < -0.4 is 0 Å². The summed E-state index contributed by atoms with van der Waals surface area (Å²) in [4.78, 5) is 4.61. The van der Waals surface area contributed by atoms with Gasteiger partial charge in [0, 0.05) is 17.8 Å². The molecule has 2 bridgehead atoms. The van der Waals surface area contributed by atoms with E-state index in [2.05, 4.69) is 11.1 Å². The van der Waals surface area contributed by atoms with E-state index in [1.54, 1.807) is 0 Å². The van der Waals surface area contributed by atoms with Crippen molar-refractivity contribution in [1.82, 2.24) is 4.98 Å². The SMILES string of the molecule is OC1(C2CCCc3cccnc32)CC2CCC1C2. The van der Waals surface area contributed by atoms with Crippen molar-refractivity contribution in [2.24, 2.45) is 11.8 Å². The highest BCUT2D eigenvalue weighted by atomic mass is 16.3. The standard InChI is InChI=1S/C16H21NO/c18-16(10-11-6-7-13(16)9-11)14-5-1-3-12-4-2-8-17-15(12)14/h2,4,8,11,13-14,18H,1,3,5-7,9-10H2. The van der Waals surface area contributed by atoms with Gasteiger partial charge in [0.05, 0.1) is 5.60 Å². The monoisotopic (exact) mass is 243 g/mol. The lowest BCUT2D eigenvalue weighted by Crippen LogP contribution is -2.43. The van der Waals surface area contributed by atoms with Gasteiger partial charge in [-0.05, 0) is 68.4 Å². The Morgan fingerprint density at radius 3 is 3.00 bits per heavy atom. The first-order chi connectivity index (χ1) is 8.77. The number of aliphatic hydroxyl groups is 1. The quantitative estimate of drug-likeness (QED) is 0.822. The molecule has 4 atom stereocenters. The molecule has 4 unspecified atom stereocenters. The fraction of sp³-hybridized carbons (Fsp3) is 0.688. The highest BCUT2D eigenvalue weighted by Gasteiger charge is 2.55. The van der Waals surface area contributed by atoms with Gasteiger partial charge in [0.2, 0.25) is 0 Å². The molecule has 2 heteroatoms. The first-order valence-corrected chi connectivity index (χ1v) is 7.43. The number of hydrogen-bond acceptors (Lipinski definition) is 2. The number of pyridine rings is 1. The molecule has 2 nitrogen and oxygen atoms in total. The molecule has 2 fully saturated rings. The third-order valence-corrected chi connectivity index (χ3v) is 5.66. The second-order valence-corrected chi connectivity index (χ2v) is 6.56. The van der Waals surface area contributed by atoms with Crippen LogP contribution in [0.5, 0.6) is 0 Å². The Morgan fingerprint density at radius 2 is 2.22 bits per heavy atom. The summed E-state index contributed by atoms with van der Waals surface area (Å²) in [5.74, 6) is 1.63. The zero-order valence-corrected chi connectivity index (χ0v) is 10.8. The van der Waals surface area contributed by atoms with Crippen molar-refractivity contribution < 1.29 is 5.11 Å². The molecule has 0 aliphatic heterocycles. The second-order valence-electron chi connectivity index (χ2n) is 6.56. The van der Waals surface area contributed by atoms with Crippen molar-refractivity contribution in [3.63, 3.8) is 0 Å². The summed E-state index contributed by atoms with van der Waals surface area (Å²) in [6, 6.07) is 4.23. The van der Waals surface area contributed by atoms with Gasteiger partial charge in [0.1, 0.15) is 0 Å². The number of aryl methyl sites for hydroxylation is 1. The zero-order chi connectivity index (χ0) is 12.2. The largest absolute Gasteiger partial charge is 0.389 e. The number of aromatic nitrogens is 1. The third kappa shape index (κ3) is 1.41. The predicted molar refractivity (Wildman–Crippen MR) is 70.3 cm³/mol. The molecule has 96 valence electrons. The number of nitrogens with zero attached hydrogens (tertiary/aromatic N) is 1. The molecule has 18 heavy (non-hydrogen) atoms. The van der Waals surface area contributed by atoms with E-state index in [0.29, 0.717) is 11.8 Å². The van der Waals surface area contributed by atoms with Crippen LogP contribution in [0.25, 0.3) is 0 Å². The summed E-state index contributed by atoms with van der Waals surface area (Å²) >= 11 is 0. The molecular weight excluding hydrogens is 222 g/mol. The van der Waals surface area contributed by atoms with Crippen molar-refractivity contribution >= 4 is 0 Å². The van der Waals surface area contributed by atoms with E-state index in [1.165, 1.54) is 36.9 Å². The summed E-state index contributed by atoms with van der Waals surface area (Å²) in [5, 5.41) is 11.2. The van der Waals surface area contributed by atoms with Gasteiger partial charge in [-0.1, -0.05) is 6.07 Å². The maximum absolute atomic E-state index is 11.2. The van der Waals surface area contributed by atoms with Crippen LogP contribution in [-0.4, -0.2) is 15.7 Å². The normalized spacial score (nSPS) is 41.9. The van der Waals surface area contributed by atoms with E-state index in [4.69, 9.17) is 0 Å². The molecule has 2 saturated carbocycles. The lowest BCUT2D eigenvalue weighted by Gasteiger charge is -2.41. The van der Waals surface area contributed by atoms with Crippen LogP contribution in [0.15, 0.2) is 18.3 Å². The molecule has 0 radical (unpaired) electrons. The van der Waals surface area contributed by atoms with Gasteiger partial charge in [-0.2, -0.15) is 0 Å². The number of rotatable bonds is 1. The molecule has 1 aromatic heterocycles. The van der Waals surface area contributed by atoms with Crippen LogP contribution in [0.4, 0.5) is 0 Å². The van der Waals surface area contributed by atoms with Gasteiger partial charge in [0.25, 0.3) is 0 Å². The summed E-state index contributed by atoms with van der Waals surface area (Å²) in [7, 11) is 0. The highest BCUT2D eigenvalue weighted by molar-refractivity contribution is 5.30. The highest BCUT2D eigenvalue weighted by Crippen LogP contribution is 2.57. The smallest absolute Gasteiger partial charge is 0.0761 e. The Balaban J connectivity index is 1.74. The first kappa shape index (κ1) is 11.0. The maximum Gasteiger partial charge on any atom is 0.0761 e. The van der Waals surface area contributed by atoms with Crippen LogP contribution >= 0.6 is 0 Å².